The molecule has 3 atom stereocenters. The predicted octanol–water partition coefficient (Wildman–Crippen LogP) is 2.28. The molecule has 13 heteroatoms. The van der Waals surface area contributed by atoms with Gasteiger partial charge in [-0.1, -0.05) is 0 Å². The highest BCUT2D eigenvalue weighted by Gasteiger charge is 2.46. The van der Waals surface area contributed by atoms with E-state index in [0.29, 0.717) is 11.4 Å². The number of H-pyrrole nitrogens is 1. The summed E-state index contributed by atoms with van der Waals surface area (Å²) in [6, 6.07) is 4.39. The molecule has 33 heavy (non-hydrogen) atoms. The fourth-order valence-corrected chi connectivity index (χ4v) is 3.73. The van der Waals surface area contributed by atoms with Crippen molar-refractivity contribution in [3.05, 3.63) is 54.4 Å². The maximum Gasteiger partial charge on any atom is 0.395 e. The van der Waals surface area contributed by atoms with E-state index < -0.39 is 36.1 Å². The molecule has 3 amide bonds. The molecular formula is C20H21F3N8O2. The summed E-state index contributed by atoms with van der Waals surface area (Å²) in [5, 5.41) is 17.9. The van der Waals surface area contributed by atoms with Crippen molar-refractivity contribution in [1.29, 1.82) is 0 Å². The molecule has 4 rings (SSSR count). The first-order valence-electron chi connectivity index (χ1n) is 10.1. The molecule has 10 nitrogen and oxygen atoms in total. The van der Waals surface area contributed by atoms with Gasteiger partial charge in [0, 0.05) is 29.4 Å². The van der Waals surface area contributed by atoms with Crippen LogP contribution in [-0.4, -0.2) is 55.2 Å². The van der Waals surface area contributed by atoms with E-state index in [2.05, 4.69) is 36.2 Å². The Morgan fingerprint density at radius 3 is 2.67 bits per heavy atom. The van der Waals surface area contributed by atoms with E-state index in [0.717, 1.165) is 5.69 Å². The van der Waals surface area contributed by atoms with Crippen molar-refractivity contribution < 1.29 is 22.8 Å². The van der Waals surface area contributed by atoms with Crippen LogP contribution in [0.2, 0.25) is 0 Å². The normalized spacial score (nSPS) is 18.8. The third kappa shape index (κ3) is 5.13. The number of benzene rings is 1. The fourth-order valence-electron chi connectivity index (χ4n) is 3.73. The summed E-state index contributed by atoms with van der Waals surface area (Å²) in [4.78, 5) is 28.6. The lowest BCUT2D eigenvalue weighted by molar-refractivity contribution is -0.154. The number of hydrogen-bond acceptors (Lipinski definition) is 5. The van der Waals surface area contributed by atoms with Crippen LogP contribution >= 0.6 is 0 Å². The van der Waals surface area contributed by atoms with Gasteiger partial charge in [-0.25, -0.2) is 14.5 Å². The Labute approximate surface area is 186 Å². The minimum absolute atomic E-state index is 0.101. The number of carbonyl (C=O) groups excluding carboxylic acids is 2. The molecule has 0 aliphatic heterocycles. The van der Waals surface area contributed by atoms with Crippen molar-refractivity contribution >= 4 is 17.6 Å². The van der Waals surface area contributed by atoms with Gasteiger partial charge in [0.15, 0.2) is 0 Å². The molecule has 1 aromatic carbocycles. The van der Waals surface area contributed by atoms with Gasteiger partial charge in [0.2, 0.25) is 5.91 Å². The first kappa shape index (κ1) is 22.3. The van der Waals surface area contributed by atoms with E-state index in [1.807, 2.05) is 0 Å². The Morgan fingerprint density at radius 1 is 1.24 bits per heavy atom. The van der Waals surface area contributed by atoms with Crippen LogP contribution in [0.25, 0.3) is 5.69 Å². The lowest BCUT2D eigenvalue weighted by atomic mass is 9.83. The third-order valence-electron chi connectivity index (χ3n) is 5.39. The fraction of sp³-hybridized carbons (Fsp3) is 0.350. The summed E-state index contributed by atoms with van der Waals surface area (Å²) < 4.78 is 41.8. The Balaban J connectivity index is 1.31. The highest BCUT2D eigenvalue weighted by atomic mass is 19.4. The number of fused-ring (bicyclic) bond motifs is 1. The van der Waals surface area contributed by atoms with Crippen LogP contribution in [0.5, 0.6) is 0 Å². The molecule has 1 aliphatic carbocycles. The number of aromatic nitrogens is 5. The van der Waals surface area contributed by atoms with Crippen molar-refractivity contribution in [1.82, 2.24) is 35.6 Å². The molecule has 2 heterocycles. The molecule has 2 aromatic heterocycles. The minimum atomic E-state index is -4.45. The first-order valence-corrected chi connectivity index (χ1v) is 10.1. The molecule has 4 N–H and O–H groups in total. The second-order valence-electron chi connectivity index (χ2n) is 7.75. The number of urea groups is 1. The third-order valence-corrected chi connectivity index (χ3v) is 5.39. The van der Waals surface area contributed by atoms with Crippen LogP contribution in [0, 0.1) is 0 Å². The van der Waals surface area contributed by atoms with E-state index in [4.69, 9.17) is 0 Å². The molecule has 0 radical (unpaired) electrons. The van der Waals surface area contributed by atoms with Crippen LogP contribution in [0.15, 0.2) is 43.1 Å². The molecule has 0 saturated heterocycles. The molecule has 174 valence electrons. The zero-order valence-corrected chi connectivity index (χ0v) is 17.4. The van der Waals surface area contributed by atoms with Crippen LogP contribution < -0.4 is 16.0 Å². The number of rotatable bonds is 5. The minimum Gasteiger partial charge on any atom is -0.335 e. The predicted molar refractivity (Wildman–Crippen MR) is 111 cm³/mol. The summed E-state index contributed by atoms with van der Waals surface area (Å²) in [5.74, 6) is -2.20. The van der Waals surface area contributed by atoms with Crippen LogP contribution in [-0.2, 0) is 11.2 Å². The van der Waals surface area contributed by atoms with Crippen LogP contribution in [0.4, 0.5) is 23.7 Å². The molecule has 1 aliphatic rings. The smallest absolute Gasteiger partial charge is 0.335 e. The number of carbonyl (C=O) groups is 2. The highest BCUT2D eigenvalue weighted by molar-refractivity contribution is 5.96. The first-order chi connectivity index (χ1) is 15.7. The van der Waals surface area contributed by atoms with Gasteiger partial charge in [0.05, 0.1) is 17.8 Å². The van der Waals surface area contributed by atoms with Gasteiger partial charge in [-0.15, -0.1) is 0 Å². The molecule has 0 bridgehead atoms. The zero-order valence-electron chi connectivity index (χ0n) is 17.4. The van der Waals surface area contributed by atoms with E-state index in [1.165, 1.54) is 25.8 Å². The number of aromatic amines is 1. The monoisotopic (exact) mass is 462 g/mol. The van der Waals surface area contributed by atoms with Gasteiger partial charge in [0.25, 0.3) is 0 Å². The molecule has 0 spiro atoms. The van der Waals surface area contributed by atoms with Crippen molar-refractivity contribution in [2.45, 2.75) is 43.9 Å². The summed E-state index contributed by atoms with van der Waals surface area (Å²) in [6.07, 6.45) is -0.454. The zero-order chi connectivity index (χ0) is 23.6. The van der Waals surface area contributed by atoms with Crippen LogP contribution in [0.3, 0.4) is 0 Å². The highest BCUT2D eigenvalue weighted by Crippen LogP contribution is 2.42. The Bertz CT molecular complexity index is 1110. The number of anilines is 1. The van der Waals surface area contributed by atoms with Crippen molar-refractivity contribution in [3.8, 4) is 5.69 Å². The molecule has 3 unspecified atom stereocenters. The van der Waals surface area contributed by atoms with Gasteiger partial charge in [-0.2, -0.15) is 23.4 Å². The van der Waals surface area contributed by atoms with E-state index in [1.54, 1.807) is 28.9 Å². The van der Waals surface area contributed by atoms with E-state index in [9.17, 15) is 22.8 Å². The number of amides is 3. The van der Waals surface area contributed by atoms with Gasteiger partial charge in [-0.05, 0) is 37.6 Å². The molecule has 0 saturated carbocycles. The lowest BCUT2D eigenvalue weighted by Gasteiger charge is -2.31. The van der Waals surface area contributed by atoms with Gasteiger partial charge in [0.1, 0.15) is 18.7 Å². The average molecular weight is 462 g/mol. The topological polar surface area (TPSA) is 130 Å². The van der Waals surface area contributed by atoms with Gasteiger partial charge in [-0.3, -0.25) is 9.89 Å². The lowest BCUT2D eigenvalue weighted by Crippen LogP contribution is -2.51. The molecule has 3 aromatic rings. The summed E-state index contributed by atoms with van der Waals surface area (Å²) in [6.45, 7) is 1.48. The van der Waals surface area contributed by atoms with Gasteiger partial charge < -0.3 is 16.0 Å². The number of hydrogen-bond donors (Lipinski definition) is 4. The average Bonchev–Trinajstić information content (AvgIpc) is 3.45. The Morgan fingerprint density at radius 2 is 2.00 bits per heavy atom. The number of halogens is 3. The van der Waals surface area contributed by atoms with E-state index >= 15 is 0 Å². The van der Waals surface area contributed by atoms with Gasteiger partial charge >= 0.3 is 12.2 Å². The van der Waals surface area contributed by atoms with Crippen molar-refractivity contribution in [2.24, 2.45) is 0 Å². The summed E-state index contributed by atoms with van der Waals surface area (Å²) in [7, 11) is 0. The SMILES string of the molecule is CC(NC(=O)NC1Cc2[nH]ncc2C(C(F)(F)F)C1)C(=O)Nc1ccc(-n2cncn2)cc1. The largest absolute Gasteiger partial charge is 0.395 e. The van der Waals surface area contributed by atoms with Crippen LogP contribution in [0.1, 0.15) is 30.5 Å². The Kier molecular flexibility index (Phi) is 6.03. The number of nitrogens with one attached hydrogen (secondary N) is 4. The second-order valence-corrected chi connectivity index (χ2v) is 7.75. The molecule has 0 fully saturated rings. The van der Waals surface area contributed by atoms with E-state index in [-0.39, 0.29) is 18.4 Å². The second kappa shape index (κ2) is 8.92. The number of nitrogens with zero attached hydrogens (tertiary/aromatic N) is 4. The summed E-state index contributed by atoms with van der Waals surface area (Å²) in [5.41, 5.74) is 1.70. The standard InChI is InChI=1S/C20H21F3N8O2/c1-11(18(32)28-12-2-4-14(5-3-12)31-10-24-9-26-31)27-19(33)29-13-6-16(20(21,22)23)15-8-25-30-17(15)7-13/h2-5,8-11,13,16H,6-7H2,1H3,(H,25,30)(H,28,32)(H2,27,29,33). The summed E-state index contributed by atoms with van der Waals surface area (Å²) >= 11 is 0. The maximum atomic E-state index is 13.4. The maximum absolute atomic E-state index is 13.4. The number of alkyl halides is 3. The quantitative estimate of drug-likeness (QED) is 0.462. The van der Waals surface area contributed by atoms with Crippen molar-refractivity contribution in [2.75, 3.05) is 5.32 Å². The Hall–Kier alpha value is -3.90. The van der Waals surface area contributed by atoms with Crippen molar-refractivity contribution in [3.63, 3.8) is 0 Å². The molecular weight excluding hydrogens is 441 g/mol.